The molecule has 17 heavy (non-hydrogen) atoms. The van der Waals surface area contributed by atoms with Crippen molar-refractivity contribution in [3.63, 3.8) is 0 Å². The van der Waals surface area contributed by atoms with Crippen LogP contribution in [0.15, 0.2) is 0 Å². The number of rotatable bonds is 7. The molecule has 1 fully saturated rings. The van der Waals surface area contributed by atoms with Gasteiger partial charge in [-0.1, -0.05) is 6.42 Å². The molecule has 100 valence electrons. The van der Waals surface area contributed by atoms with Crippen molar-refractivity contribution in [3.05, 3.63) is 0 Å². The number of primary amides is 1. The summed E-state index contributed by atoms with van der Waals surface area (Å²) < 4.78 is 4.99. The Bertz CT molecular complexity index is 236. The summed E-state index contributed by atoms with van der Waals surface area (Å²) in [5.41, 5.74) is 5.38. The Kier molecular flexibility index (Phi) is 6.47. The maximum Gasteiger partial charge on any atom is 0.234 e. The van der Waals surface area contributed by atoms with Gasteiger partial charge in [0, 0.05) is 26.2 Å². The first-order chi connectivity index (χ1) is 8.16. The highest BCUT2D eigenvalue weighted by molar-refractivity contribution is 5.79. The Balaban J connectivity index is 2.39. The number of hydrogen-bond donors (Lipinski definition) is 2. The summed E-state index contributed by atoms with van der Waals surface area (Å²) in [6.07, 6.45) is 3.53. The fourth-order valence-electron chi connectivity index (χ4n) is 2.36. The molecule has 1 saturated heterocycles. The van der Waals surface area contributed by atoms with Crippen molar-refractivity contribution in [3.8, 4) is 0 Å². The number of piperidine rings is 1. The molecule has 1 aliphatic heterocycles. The minimum atomic E-state index is -0.228. The average Bonchev–Trinajstić information content (AvgIpc) is 2.34. The maximum absolute atomic E-state index is 11.3. The van der Waals surface area contributed by atoms with E-state index in [0.29, 0.717) is 6.04 Å². The number of amides is 1. The molecule has 1 rings (SSSR count). The van der Waals surface area contributed by atoms with Crippen LogP contribution in [0.1, 0.15) is 26.2 Å². The van der Waals surface area contributed by atoms with E-state index in [0.717, 1.165) is 39.1 Å². The lowest BCUT2D eigenvalue weighted by Crippen LogP contribution is -2.53. The van der Waals surface area contributed by atoms with E-state index < -0.39 is 0 Å². The highest BCUT2D eigenvalue weighted by Gasteiger charge is 2.28. The monoisotopic (exact) mass is 243 g/mol. The predicted molar refractivity (Wildman–Crippen MR) is 67.7 cm³/mol. The van der Waals surface area contributed by atoms with Crippen LogP contribution in [0.2, 0.25) is 0 Å². The Morgan fingerprint density at radius 2 is 2.35 bits per heavy atom. The summed E-state index contributed by atoms with van der Waals surface area (Å²) in [5.74, 6) is -0.228. The summed E-state index contributed by atoms with van der Waals surface area (Å²) in [4.78, 5) is 13.5. The predicted octanol–water partition coefficient (Wildman–Crippen LogP) is -0.0493. The maximum atomic E-state index is 11.3. The third kappa shape index (κ3) is 4.61. The van der Waals surface area contributed by atoms with Gasteiger partial charge in [0.25, 0.3) is 0 Å². The van der Waals surface area contributed by atoms with Gasteiger partial charge in [0.05, 0.1) is 12.6 Å². The first kappa shape index (κ1) is 14.4. The highest BCUT2D eigenvalue weighted by Crippen LogP contribution is 2.18. The van der Waals surface area contributed by atoms with Gasteiger partial charge in [0.1, 0.15) is 0 Å². The molecule has 0 aromatic heterocycles. The minimum absolute atomic E-state index is 0.162. The number of carbonyl (C=O) groups excluding carboxylic acids is 1. The van der Waals surface area contributed by atoms with Crippen LogP contribution in [0.5, 0.6) is 0 Å². The SMILES string of the molecule is COCCNCC1CCCCN1C(C)C(N)=O. The number of carbonyl (C=O) groups is 1. The third-order valence-electron chi connectivity index (χ3n) is 3.44. The molecule has 0 spiro atoms. The number of hydrogen-bond acceptors (Lipinski definition) is 4. The van der Waals surface area contributed by atoms with Crippen molar-refractivity contribution in [2.75, 3.05) is 33.4 Å². The summed E-state index contributed by atoms with van der Waals surface area (Å²) in [6.45, 7) is 5.35. The quantitative estimate of drug-likeness (QED) is 0.615. The number of nitrogens with one attached hydrogen (secondary N) is 1. The van der Waals surface area contributed by atoms with Crippen LogP contribution < -0.4 is 11.1 Å². The summed E-state index contributed by atoms with van der Waals surface area (Å²) >= 11 is 0. The van der Waals surface area contributed by atoms with Crippen molar-refractivity contribution in [1.82, 2.24) is 10.2 Å². The molecule has 5 heteroatoms. The molecule has 5 nitrogen and oxygen atoms in total. The molecule has 0 aromatic carbocycles. The number of nitrogens with zero attached hydrogens (tertiary/aromatic N) is 1. The molecule has 0 aliphatic carbocycles. The first-order valence-electron chi connectivity index (χ1n) is 6.41. The van der Waals surface area contributed by atoms with Crippen LogP contribution in [-0.2, 0) is 9.53 Å². The van der Waals surface area contributed by atoms with Crippen LogP contribution in [-0.4, -0.2) is 56.2 Å². The summed E-state index contributed by atoms with van der Waals surface area (Å²) in [6, 6.07) is 0.257. The van der Waals surface area contributed by atoms with E-state index in [1.807, 2.05) is 6.92 Å². The largest absolute Gasteiger partial charge is 0.383 e. The fraction of sp³-hybridized carbons (Fsp3) is 0.917. The van der Waals surface area contributed by atoms with Gasteiger partial charge in [-0.15, -0.1) is 0 Å². The van der Waals surface area contributed by atoms with Crippen LogP contribution in [0.3, 0.4) is 0 Å². The van der Waals surface area contributed by atoms with Crippen LogP contribution in [0, 0.1) is 0 Å². The standard InChI is InChI=1S/C12H25N3O2/c1-10(12(13)16)15-7-4-3-5-11(15)9-14-6-8-17-2/h10-11,14H,3-9H2,1-2H3,(H2,13,16). The van der Waals surface area contributed by atoms with E-state index in [1.165, 1.54) is 6.42 Å². The molecule has 0 aromatic rings. The van der Waals surface area contributed by atoms with Crippen LogP contribution in [0.4, 0.5) is 0 Å². The van der Waals surface area contributed by atoms with Gasteiger partial charge in [0.15, 0.2) is 0 Å². The van der Waals surface area contributed by atoms with Gasteiger partial charge in [0.2, 0.25) is 5.91 Å². The second-order valence-electron chi connectivity index (χ2n) is 4.66. The van der Waals surface area contributed by atoms with Crippen molar-refractivity contribution >= 4 is 5.91 Å². The molecule has 1 aliphatic rings. The Morgan fingerprint density at radius 3 is 3.00 bits per heavy atom. The molecule has 0 bridgehead atoms. The van der Waals surface area contributed by atoms with Gasteiger partial charge in [-0.05, 0) is 26.3 Å². The lowest BCUT2D eigenvalue weighted by molar-refractivity contribution is -0.124. The number of likely N-dealkylation sites (tertiary alicyclic amines) is 1. The molecule has 2 atom stereocenters. The summed E-state index contributed by atoms with van der Waals surface area (Å²) in [7, 11) is 1.70. The van der Waals surface area contributed by atoms with E-state index >= 15 is 0 Å². The fourth-order valence-corrected chi connectivity index (χ4v) is 2.36. The van der Waals surface area contributed by atoms with Crippen molar-refractivity contribution in [2.45, 2.75) is 38.3 Å². The normalized spacial score (nSPS) is 23.5. The zero-order chi connectivity index (χ0) is 12.7. The van der Waals surface area contributed by atoms with Crippen molar-refractivity contribution < 1.29 is 9.53 Å². The van der Waals surface area contributed by atoms with Gasteiger partial charge in [-0.2, -0.15) is 0 Å². The van der Waals surface area contributed by atoms with E-state index in [-0.39, 0.29) is 11.9 Å². The zero-order valence-corrected chi connectivity index (χ0v) is 10.9. The second-order valence-corrected chi connectivity index (χ2v) is 4.66. The second kappa shape index (κ2) is 7.63. The smallest absolute Gasteiger partial charge is 0.234 e. The number of methoxy groups -OCH3 is 1. The Labute approximate surface area is 104 Å². The number of nitrogens with two attached hydrogens (primary N) is 1. The topological polar surface area (TPSA) is 67.6 Å². The molecule has 2 unspecified atom stereocenters. The lowest BCUT2D eigenvalue weighted by atomic mass is 10.00. The van der Waals surface area contributed by atoms with Gasteiger partial charge in [-0.25, -0.2) is 0 Å². The Hall–Kier alpha value is -0.650. The average molecular weight is 243 g/mol. The molecule has 1 heterocycles. The molecule has 0 saturated carbocycles. The van der Waals surface area contributed by atoms with E-state index in [4.69, 9.17) is 10.5 Å². The molecule has 0 radical (unpaired) electrons. The van der Waals surface area contributed by atoms with Gasteiger partial charge >= 0.3 is 0 Å². The van der Waals surface area contributed by atoms with Crippen molar-refractivity contribution in [1.29, 1.82) is 0 Å². The van der Waals surface area contributed by atoms with Gasteiger partial charge < -0.3 is 15.8 Å². The molecule has 1 amide bonds. The minimum Gasteiger partial charge on any atom is -0.383 e. The molecular weight excluding hydrogens is 218 g/mol. The summed E-state index contributed by atoms with van der Waals surface area (Å²) in [5, 5.41) is 3.36. The Morgan fingerprint density at radius 1 is 1.59 bits per heavy atom. The molecular formula is C12H25N3O2. The third-order valence-corrected chi connectivity index (χ3v) is 3.44. The zero-order valence-electron chi connectivity index (χ0n) is 10.9. The number of ether oxygens (including phenoxy) is 1. The van der Waals surface area contributed by atoms with E-state index in [1.54, 1.807) is 7.11 Å². The van der Waals surface area contributed by atoms with Crippen LogP contribution >= 0.6 is 0 Å². The van der Waals surface area contributed by atoms with E-state index in [9.17, 15) is 4.79 Å². The molecule has 3 N–H and O–H groups in total. The highest BCUT2D eigenvalue weighted by atomic mass is 16.5. The van der Waals surface area contributed by atoms with E-state index in [2.05, 4.69) is 10.2 Å². The first-order valence-corrected chi connectivity index (χ1v) is 6.41. The lowest BCUT2D eigenvalue weighted by Gasteiger charge is -2.38. The van der Waals surface area contributed by atoms with Crippen LogP contribution in [0.25, 0.3) is 0 Å². The van der Waals surface area contributed by atoms with Crippen molar-refractivity contribution in [2.24, 2.45) is 5.73 Å². The van der Waals surface area contributed by atoms with Gasteiger partial charge in [-0.3, -0.25) is 9.69 Å².